The first kappa shape index (κ1) is 20.6. The molecule has 0 aliphatic carbocycles. The van der Waals surface area contributed by atoms with Crippen molar-refractivity contribution in [2.45, 2.75) is 19.4 Å². The molecule has 0 atom stereocenters. The largest absolute Gasteiger partial charge is 0.382 e. The van der Waals surface area contributed by atoms with Crippen LogP contribution in [0.25, 0.3) is 0 Å². The van der Waals surface area contributed by atoms with E-state index in [0.29, 0.717) is 33.0 Å². The van der Waals surface area contributed by atoms with Crippen molar-refractivity contribution in [1.82, 2.24) is 13.7 Å². The van der Waals surface area contributed by atoms with Gasteiger partial charge in [-0.3, -0.25) is 3.93 Å². The zero-order valence-electron chi connectivity index (χ0n) is 14.7. The Kier molecular flexibility index (Phi) is 9.38. The molecular formula is C15H30BrN3O4. The molecule has 0 aromatic carbocycles. The summed E-state index contributed by atoms with van der Waals surface area (Å²) in [4.78, 5) is 16.1. The second kappa shape index (κ2) is 10.5. The highest BCUT2D eigenvalue weighted by atomic mass is 79.9. The lowest BCUT2D eigenvalue weighted by molar-refractivity contribution is 0.0206. The summed E-state index contributed by atoms with van der Waals surface area (Å²) in [6.07, 6.45) is 0. The molecule has 1 aliphatic rings. The standard InChI is InChI=1S/C15H30BrN3O4/c1-15(2)13-18(14(20)19(15)16)6-5-17(3)7-8-22-11-12-23-10-9-21-4/h5-13H2,1-4H3. The summed E-state index contributed by atoms with van der Waals surface area (Å²) in [5.74, 6) is 0. The normalized spacial score (nSPS) is 17.6. The van der Waals surface area contributed by atoms with Crippen molar-refractivity contribution in [3.05, 3.63) is 0 Å². The summed E-state index contributed by atoms with van der Waals surface area (Å²) >= 11 is 3.34. The zero-order chi connectivity index (χ0) is 17.3. The molecule has 0 spiro atoms. The lowest BCUT2D eigenvalue weighted by atomic mass is 10.1. The van der Waals surface area contributed by atoms with Crippen molar-refractivity contribution >= 4 is 22.2 Å². The fraction of sp³-hybridized carbons (Fsp3) is 0.933. The van der Waals surface area contributed by atoms with Crippen LogP contribution in [0, 0.1) is 0 Å². The molecule has 23 heavy (non-hydrogen) atoms. The lowest BCUT2D eigenvalue weighted by Gasteiger charge is -2.22. The molecule has 0 aromatic heterocycles. The van der Waals surface area contributed by atoms with E-state index in [0.717, 1.165) is 26.2 Å². The second-order valence-corrected chi connectivity index (χ2v) is 7.03. The van der Waals surface area contributed by atoms with Gasteiger partial charge in [-0.25, -0.2) is 4.79 Å². The Morgan fingerprint density at radius 1 is 1.13 bits per heavy atom. The SMILES string of the molecule is COCCOCCOCCN(C)CCN1CC(C)(C)N(Br)C1=O. The van der Waals surface area contributed by atoms with Gasteiger partial charge in [-0.15, -0.1) is 0 Å². The highest BCUT2D eigenvalue weighted by Crippen LogP contribution is 2.28. The average Bonchev–Trinajstić information content (AvgIpc) is 2.71. The van der Waals surface area contributed by atoms with Crippen LogP contribution in [0.3, 0.4) is 0 Å². The highest BCUT2D eigenvalue weighted by molar-refractivity contribution is 9.07. The second-order valence-electron chi connectivity index (χ2n) is 6.32. The number of rotatable bonds is 12. The predicted octanol–water partition coefficient (Wildman–Crippen LogP) is 1.42. The van der Waals surface area contributed by atoms with Crippen molar-refractivity contribution < 1.29 is 19.0 Å². The van der Waals surface area contributed by atoms with Gasteiger partial charge in [0.05, 0.1) is 54.7 Å². The van der Waals surface area contributed by atoms with Gasteiger partial charge in [-0.05, 0) is 20.9 Å². The maximum Gasteiger partial charge on any atom is 0.330 e. The molecule has 0 unspecified atom stereocenters. The van der Waals surface area contributed by atoms with Crippen LogP contribution in [0.4, 0.5) is 4.79 Å². The van der Waals surface area contributed by atoms with Crippen LogP contribution in [0.15, 0.2) is 0 Å². The monoisotopic (exact) mass is 395 g/mol. The van der Waals surface area contributed by atoms with Gasteiger partial charge in [0.15, 0.2) is 0 Å². The van der Waals surface area contributed by atoms with Gasteiger partial charge < -0.3 is 24.0 Å². The van der Waals surface area contributed by atoms with Crippen LogP contribution in [0.5, 0.6) is 0 Å². The summed E-state index contributed by atoms with van der Waals surface area (Å²) < 4.78 is 17.4. The van der Waals surface area contributed by atoms with Gasteiger partial charge in [-0.2, -0.15) is 0 Å². The summed E-state index contributed by atoms with van der Waals surface area (Å²) in [5.41, 5.74) is -0.165. The molecule has 2 amide bonds. The van der Waals surface area contributed by atoms with Gasteiger partial charge in [0, 0.05) is 33.3 Å². The Morgan fingerprint density at radius 2 is 1.74 bits per heavy atom. The number of amides is 2. The van der Waals surface area contributed by atoms with Gasteiger partial charge in [0.2, 0.25) is 0 Å². The maximum absolute atomic E-state index is 12.1. The van der Waals surface area contributed by atoms with Gasteiger partial charge in [0.25, 0.3) is 0 Å². The molecule has 0 bridgehead atoms. The van der Waals surface area contributed by atoms with E-state index in [1.807, 2.05) is 25.8 Å². The third kappa shape index (κ3) is 7.34. The Bertz CT molecular complexity index is 358. The molecule has 1 saturated heterocycles. The van der Waals surface area contributed by atoms with Gasteiger partial charge >= 0.3 is 6.03 Å². The van der Waals surface area contributed by atoms with E-state index in [1.54, 1.807) is 11.0 Å². The highest BCUT2D eigenvalue weighted by Gasteiger charge is 2.41. The van der Waals surface area contributed by atoms with Crippen molar-refractivity contribution in [1.29, 1.82) is 0 Å². The van der Waals surface area contributed by atoms with E-state index in [9.17, 15) is 4.79 Å². The Hall–Kier alpha value is -0.410. The van der Waals surface area contributed by atoms with Crippen LogP contribution in [0.1, 0.15) is 13.8 Å². The van der Waals surface area contributed by atoms with Crippen molar-refractivity contribution in [2.75, 3.05) is 73.4 Å². The molecule has 1 heterocycles. The van der Waals surface area contributed by atoms with E-state index in [2.05, 4.69) is 21.0 Å². The molecule has 0 N–H and O–H groups in total. The van der Waals surface area contributed by atoms with E-state index in [1.165, 1.54) is 0 Å². The van der Waals surface area contributed by atoms with Gasteiger partial charge in [0.1, 0.15) is 0 Å². The third-order valence-corrected chi connectivity index (χ3v) is 4.98. The Morgan fingerprint density at radius 3 is 2.30 bits per heavy atom. The third-order valence-electron chi connectivity index (χ3n) is 3.72. The summed E-state index contributed by atoms with van der Waals surface area (Å²) in [5, 5.41) is 0. The molecule has 136 valence electrons. The molecule has 8 heteroatoms. The Balaban J connectivity index is 2.05. The summed E-state index contributed by atoms with van der Waals surface area (Å²) in [6, 6.07) is 0.0351. The topological polar surface area (TPSA) is 54.5 Å². The summed E-state index contributed by atoms with van der Waals surface area (Å²) in [7, 11) is 3.69. The number of carbonyl (C=O) groups is 1. The number of ether oxygens (including phenoxy) is 3. The van der Waals surface area contributed by atoms with Crippen LogP contribution in [-0.2, 0) is 14.2 Å². The van der Waals surface area contributed by atoms with E-state index < -0.39 is 0 Å². The first-order chi connectivity index (χ1) is 10.9. The summed E-state index contributed by atoms with van der Waals surface area (Å²) in [6.45, 7) is 10.3. The number of likely N-dealkylation sites (N-methyl/N-ethyl adjacent to an activating group) is 1. The average molecular weight is 396 g/mol. The number of nitrogens with zero attached hydrogens (tertiary/aromatic N) is 3. The first-order valence-corrected chi connectivity index (χ1v) is 8.67. The van der Waals surface area contributed by atoms with E-state index in [4.69, 9.17) is 14.2 Å². The maximum atomic E-state index is 12.1. The molecule has 1 aliphatic heterocycles. The van der Waals surface area contributed by atoms with Crippen LogP contribution >= 0.6 is 16.1 Å². The van der Waals surface area contributed by atoms with E-state index in [-0.39, 0.29) is 11.6 Å². The number of hydrogen-bond acceptors (Lipinski definition) is 5. The minimum Gasteiger partial charge on any atom is -0.382 e. The minimum atomic E-state index is -0.165. The number of hydrogen-bond donors (Lipinski definition) is 0. The first-order valence-electron chi connectivity index (χ1n) is 7.96. The lowest BCUT2D eigenvalue weighted by Crippen LogP contribution is -2.36. The fourth-order valence-electron chi connectivity index (χ4n) is 2.24. The van der Waals surface area contributed by atoms with Crippen LogP contribution in [-0.4, -0.2) is 98.7 Å². The fourth-order valence-corrected chi connectivity index (χ4v) is 2.58. The van der Waals surface area contributed by atoms with Crippen molar-refractivity contribution in [3.8, 4) is 0 Å². The zero-order valence-corrected chi connectivity index (χ0v) is 16.3. The number of methoxy groups -OCH3 is 1. The number of halogens is 1. The predicted molar refractivity (Wildman–Crippen MR) is 92.8 cm³/mol. The molecular weight excluding hydrogens is 366 g/mol. The quantitative estimate of drug-likeness (QED) is 0.369. The molecule has 1 fully saturated rings. The Labute approximate surface area is 148 Å². The molecule has 0 saturated carbocycles. The molecule has 1 rings (SSSR count). The molecule has 7 nitrogen and oxygen atoms in total. The number of carbonyl (C=O) groups excluding carboxylic acids is 1. The van der Waals surface area contributed by atoms with Crippen molar-refractivity contribution in [2.24, 2.45) is 0 Å². The smallest absolute Gasteiger partial charge is 0.330 e. The van der Waals surface area contributed by atoms with Crippen LogP contribution in [0.2, 0.25) is 0 Å². The van der Waals surface area contributed by atoms with Crippen LogP contribution < -0.4 is 0 Å². The van der Waals surface area contributed by atoms with Gasteiger partial charge in [-0.1, -0.05) is 0 Å². The minimum absolute atomic E-state index is 0.0351. The number of urea groups is 1. The molecule has 0 radical (unpaired) electrons. The molecule has 0 aromatic rings. The van der Waals surface area contributed by atoms with E-state index >= 15 is 0 Å². The van der Waals surface area contributed by atoms with Crippen molar-refractivity contribution in [3.63, 3.8) is 0 Å².